The quantitative estimate of drug-likeness (QED) is 0.566. The van der Waals surface area contributed by atoms with Crippen LogP contribution in [0.15, 0.2) is 66.7 Å². The number of amides is 1. The predicted molar refractivity (Wildman–Crippen MR) is 111 cm³/mol. The van der Waals surface area contributed by atoms with Crippen LogP contribution in [-0.2, 0) is 6.54 Å². The Kier molecular flexibility index (Phi) is 4.17. The number of aryl methyl sites for hydroxylation is 1. The molecule has 0 atom stereocenters. The summed E-state index contributed by atoms with van der Waals surface area (Å²) in [6.45, 7) is 2.65. The van der Waals surface area contributed by atoms with Crippen LogP contribution in [0.5, 0.6) is 11.5 Å². The molecule has 1 N–H and O–H groups in total. The first-order valence-corrected chi connectivity index (χ1v) is 9.39. The maximum absolute atomic E-state index is 12.8. The summed E-state index contributed by atoms with van der Waals surface area (Å²) in [7, 11) is 0. The molecule has 29 heavy (non-hydrogen) atoms. The Labute approximate surface area is 167 Å². The third kappa shape index (κ3) is 3.29. The van der Waals surface area contributed by atoms with E-state index < -0.39 is 0 Å². The van der Waals surface area contributed by atoms with Gasteiger partial charge in [-0.3, -0.25) is 4.79 Å². The Bertz CT molecular complexity index is 1220. The lowest BCUT2D eigenvalue weighted by Crippen LogP contribution is -2.16. The van der Waals surface area contributed by atoms with Gasteiger partial charge in [-0.15, -0.1) is 0 Å². The second-order valence-corrected chi connectivity index (χ2v) is 6.99. The zero-order valence-corrected chi connectivity index (χ0v) is 15.9. The largest absolute Gasteiger partial charge is 0.454 e. The third-order valence-corrected chi connectivity index (χ3v) is 4.98. The van der Waals surface area contributed by atoms with Crippen LogP contribution in [0.4, 0.5) is 5.82 Å². The summed E-state index contributed by atoms with van der Waals surface area (Å²) < 4.78 is 12.5. The molecule has 1 aliphatic rings. The molecule has 0 unspecified atom stereocenters. The van der Waals surface area contributed by atoms with Gasteiger partial charge in [0.2, 0.25) is 6.79 Å². The molecular formula is C23H19N3O3. The Hall–Kier alpha value is -3.80. The molecule has 2 heterocycles. The highest BCUT2D eigenvalue weighted by atomic mass is 16.7. The maximum atomic E-state index is 12.8. The minimum absolute atomic E-state index is 0.178. The first-order valence-electron chi connectivity index (χ1n) is 9.39. The zero-order valence-electron chi connectivity index (χ0n) is 15.9. The molecule has 5 rings (SSSR count). The van der Waals surface area contributed by atoms with E-state index in [9.17, 15) is 4.79 Å². The lowest BCUT2D eigenvalue weighted by molar-refractivity contribution is 0.102. The van der Waals surface area contributed by atoms with E-state index in [-0.39, 0.29) is 12.7 Å². The minimum Gasteiger partial charge on any atom is -0.454 e. The van der Waals surface area contributed by atoms with Crippen molar-refractivity contribution < 1.29 is 14.3 Å². The van der Waals surface area contributed by atoms with E-state index in [1.807, 2.05) is 35.9 Å². The number of benzene rings is 3. The van der Waals surface area contributed by atoms with Gasteiger partial charge in [0.1, 0.15) is 5.82 Å². The maximum Gasteiger partial charge on any atom is 0.256 e. The molecule has 1 amide bonds. The second-order valence-electron chi connectivity index (χ2n) is 6.99. The van der Waals surface area contributed by atoms with Gasteiger partial charge in [-0.25, -0.2) is 4.68 Å². The number of anilines is 1. The van der Waals surface area contributed by atoms with Crippen LogP contribution in [0.2, 0.25) is 0 Å². The monoisotopic (exact) mass is 385 g/mol. The molecular weight excluding hydrogens is 366 g/mol. The number of carbonyl (C=O) groups is 1. The van der Waals surface area contributed by atoms with E-state index >= 15 is 0 Å². The van der Waals surface area contributed by atoms with Gasteiger partial charge in [0, 0.05) is 11.6 Å². The van der Waals surface area contributed by atoms with Crippen molar-refractivity contribution in [1.29, 1.82) is 0 Å². The normalized spacial score (nSPS) is 12.3. The fourth-order valence-corrected chi connectivity index (χ4v) is 3.58. The molecule has 1 aromatic heterocycles. The van der Waals surface area contributed by atoms with Gasteiger partial charge in [-0.05, 0) is 41.5 Å². The molecule has 0 saturated heterocycles. The lowest BCUT2D eigenvalue weighted by Gasteiger charge is -2.11. The van der Waals surface area contributed by atoms with E-state index in [2.05, 4.69) is 34.7 Å². The first kappa shape index (κ1) is 17.3. The van der Waals surface area contributed by atoms with Gasteiger partial charge in [0.25, 0.3) is 5.91 Å². The van der Waals surface area contributed by atoms with Gasteiger partial charge in [-0.1, -0.05) is 42.5 Å². The van der Waals surface area contributed by atoms with Gasteiger partial charge in [0.15, 0.2) is 11.5 Å². The number of aromatic nitrogens is 2. The Morgan fingerprint density at radius 1 is 1.03 bits per heavy atom. The molecule has 144 valence electrons. The van der Waals surface area contributed by atoms with E-state index in [1.54, 1.807) is 18.2 Å². The van der Waals surface area contributed by atoms with Crippen LogP contribution in [0, 0.1) is 6.92 Å². The highest BCUT2D eigenvalue weighted by molar-refractivity contribution is 6.04. The highest BCUT2D eigenvalue weighted by Gasteiger charge is 2.18. The fraction of sp³-hybridized carbons (Fsp3) is 0.130. The highest BCUT2D eigenvalue weighted by Crippen LogP contribution is 2.32. The summed E-state index contributed by atoms with van der Waals surface area (Å²) in [5, 5.41) is 9.90. The van der Waals surface area contributed by atoms with E-state index in [1.165, 1.54) is 10.8 Å². The summed E-state index contributed by atoms with van der Waals surface area (Å²) in [6, 6.07) is 21.5. The van der Waals surface area contributed by atoms with Crippen LogP contribution in [0.25, 0.3) is 10.8 Å². The number of hydrogen-bond acceptors (Lipinski definition) is 4. The number of rotatable bonds is 4. The van der Waals surface area contributed by atoms with E-state index in [0.29, 0.717) is 29.4 Å². The van der Waals surface area contributed by atoms with Gasteiger partial charge in [0.05, 0.1) is 12.2 Å². The third-order valence-electron chi connectivity index (χ3n) is 4.98. The van der Waals surface area contributed by atoms with Crippen molar-refractivity contribution >= 4 is 22.5 Å². The minimum atomic E-state index is -0.220. The summed E-state index contributed by atoms with van der Waals surface area (Å²) in [6.07, 6.45) is 0. The molecule has 0 aliphatic carbocycles. The fourth-order valence-electron chi connectivity index (χ4n) is 3.58. The van der Waals surface area contributed by atoms with Gasteiger partial charge < -0.3 is 14.8 Å². The van der Waals surface area contributed by atoms with Gasteiger partial charge >= 0.3 is 0 Å². The topological polar surface area (TPSA) is 65.4 Å². The Morgan fingerprint density at radius 3 is 2.79 bits per heavy atom. The Balaban J connectivity index is 1.43. The standard InChI is InChI=1S/C23H19N3O3/c1-15-11-22(24-23(27)17-9-10-20-21(12-17)29-14-28-20)26(25-15)13-18-7-4-6-16-5-2-3-8-19(16)18/h2-12H,13-14H2,1H3,(H,24,27). The average Bonchev–Trinajstić information content (AvgIpc) is 3.34. The molecule has 0 bridgehead atoms. The molecule has 4 aromatic rings. The van der Waals surface area contributed by atoms with Crippen molar-refractivity contribution in [2.75, 3.05) is 12.1 Å². The van der Waals surface area contributed by atoms with Crippen LogP contribution in [0.3, 0.4) is 0 Å². The van der Waals surface area contributed by atoms with Crippen molar-refractivity contribution in [3.63, 3.8) is 0 Å². The summed E-state index contributed by atoms with van der Waals surface area (Å²) in [5.41, 5.74) is 2.49. The second kappa shape index (κ2) is 6.98. The summed E-state index contributed by atoms with van der Waals surface area (Å²) in [5.74, 6) is 1.66. The number of ether oxygens (including phenoxy) is 2. The van der Waals surface area contributed by atoms with E-state index in [0.717, 1.165) is 11.3 Å². The summed E-state index contributed by atoms with van der Waals surface area (Å²) >= 11 is 0. The molecule has 0 spiro atoms. The molecule has 0 fully saturated rings. The van der Waals surface area contributed by atoms with Crippen molar-refractivity contribution in [3.05, 3.63) is 83.6 Å². The van der Waals surface area contributed by atoms with Crippen LogP contribution in [0.1, 0.15) is 21.6 Å². The SMILES string of the molecule is Cc1cc(NC(=O)c2ccc3c(c2)OCO3)n(Cc2cccc3ccccc23)n1. The Morgan fingerprint density at radius 2 is 1.86 bits per heavy atom. The smallest absolute Gasteiger partial charge is 0.256 e. The van der Waals surface area contributed by atoms with Crippen LogP contribution >= 0.6 is 0 Å². The van der Waals surface area contributed by atoms with Crippen molar-refractivity contribution in [2.45, 2.75) is 13.5 Å². The summed E-state index contributed by atoms with van der Waals surface area (Å²) in [4.78, 5) is 12.8. The number of nitrogens with one attached hydrogen (secondary N) is 1. The molecule has 6 heteroatoms. The molecule has 1 aliphatic heterocycles. The van der Waals surface area contributed by atoms with Crippen molar-refractivity contribution in [2.24, 2.45) is 0 Å². The van der Waals surface area contributed by atoms with Crippen LogP contribution in [-0.4, -0.2) is 22.5 Å². The predicted octanol–water partition coefficient (Wildman–Crippen LogP) is 4.37. The number of hydrogen-bond donors (Lipinski definition) is 1. The van der Waals surface area contributed by atoms with E-state index in [4.69, 9.17) is 9.47 Å². The van der Waals surface area contributed by atoms with Crippen molar-refractivity contribution in [1.82, 2.24) is 9.78 Å². The zero-order chi connectivity index (χ0) is 19.8. The molecule has 6 nitrogen and oxygen atoms in total. The van der Waals surface area contributed by atoms with Crippen LogP contribution < -0.4 is 14.8 Å². The van der Waals surface area contributed by atoms with Gasteiger partial charge in [-0.2, -0.15) is 5.10 Å². The number of carbonyl (C=O) groups excluding carboxylic acids is 1. The first-order chi connectivity index (χ1) is 14.2. The number of fused-ring (bicyclic) bond motifs is 2. The van der Waals surface area contributed by atoms with Crippen molar-refractivity contribution in [3.8, 4) is 11.5 Å². The molecule has 0 radical (unpaired) electrons. The lowest BCUT2D eigenvalue weighted by atomic mass is 10.0. The molecule has 3 aromatic carbocycles. The average molecular weight is 385 g/mol. The number of nitrogens with zero attached hydrogens (tertiary/aromatic N) is 2. The molecule has 0 saturated carbocycles.